The monoisotopic (exact) mass is 399 g/mol. The van der Waals surface area contributed by atoms with Crippen molar-refractivity contribution < 1.29 is 14.3 Å². The molecule has 5 rings (SSSR count). The van der Waals surface area contributed by atoms with Crippen molar-refractivity contribution in [2.24, 2.45) is 0 Å². The lowest BCUT2D eigenvalue weighted by molar-refractivity contribution is 0.0222. The lowest BCUT2D eigenvalue weighted by Gasteiger charge is -2.38. The Morgan fingerprint density at radius 2 is 1.63 bits per heavy atom. The third-order valence-corrected chi connectivity index (χ3v) is 6.37. The van der Waals surface area contributed by atoms with Gasteiger partial charge in [-0.2, -0.15) is 0 Å². The van der Waals surface area contributed by atoms with Crippen molar-refractivity contribution in [2.45, 2.75) is 33.3 Å². The van der Waals surface area contributed by atoms with Crippen LogP contribution in [0.4, 0.5) is 5.69 Å². The molecule has 2 heterocycles. The van der Waals surface area contributed by atoms with Crippen LogP contribution in [-0.4, -0.2) is 19.1 Å². The number of carbonyl (C=O) groups excluding carboxylic acids is 1. The molecule has 0 radical (unpaired) electrons. The summed E-state index contributed by atoms with van der Waals surface area (Å²) in [5.41, 5.74) is 5.46. The Morgan fingerprint density at radius 1 is 0.900 bits per heavy atom. The van der Waals surface area contributed by atoms with E-state index in [0.29, 0.717) is 5.56 Å². The Hall–Kier alpha value is -3.27. The Labute approximate surface area is 177 Å². The maximum Gasteiger partial charge on any atom is 0.340 e. The highest BCUT2D eigenvalue weighted by Gasteiger charge is 2.54. The Kier molecular flexibility index (Phi) is 4.14. The second-order valence-electron chi connectivity index (χ2n) is 7.97. The van der Waals surface area contributed by atoms with Gasteiger partial charge in [0.25, 0.3) is 0 Å². The summed E-state index contributed by atoms with van der Waals surface area (Å²) in [6.07, 6.45) is 0. The van der Waals surface area contributed by atoms with Crippen LogP contribution in [0, 0.1) is 13.8 Å². The minimum atomic E-state index is -0.992. The molecule has 3 aromatic rings. The van der Waals surface area contributed by atoms with Gasteiger partial charge in [-0.25, -0.2) is 4.79 Å². The molecular formula is C26H25NO3. The lowest BCUT2D eigenvalue weighted by atomic mass is 9.75. The van der Waals surface area contributed by atoms with E-state index < -0.39 is 5.60 Å². The largest absolute Gasteiger partial charge is 0.456 e. The smallest absolute Gasteiger partial charge is 0.340 e. The number of ether oxygens (including phenoxy) is 2. The summed E-state index contributed by atoms with van der Waals surface area (Å²) in [4.78, 5) is 15.2. The van der Waals surface area contributed by atoms with Crippen LogP contribution < -0.4 is 9.64 Å². The quantitative estimate of drug-likeness (QED) is 0.528. The van der Waals surface area contributed by atoms with Gasteiger partial charge in [-0.15, -0.1) is 0 Å². The average Bonchev–Trinajstić information content (AvgIpc) is 3.05. The van der Waals surface area contributed by atoms with Crippen molar-refractivity contribution in [3.05, 3.63) is 88.0 Å². The highest BCUT2D eigenvalue weighted by Crippen LogP contribution is 2.58. The van der Waals surface area contributed by atoms with E-state index in [1.165, 1.54) is 0 Å². The van der Waals surface area contributed by atoms with Gasteiger partial charge in [-0.1, -0.05) is 30.3 Å². The van der Waals surface area contributed by atoms with Crippen LogP contribution in [0.15, 0.2) is 54.6 Å². The van der Waals surface area contributed by atoms with Gasteiger partial charge in [0.15, 0.2) is 5.60 Å². The number of carbonyl (C=O) groups is 1. The fraction of sp³-hybridized carbons (Fsp3) is 0.269. The summed E-state index contributed by atoms with van der Waals surface area (Å²) < 4.78 is 12.8. The second-order valence-corrected chi connectivity index (χ2v) is 7.97. The molecule has 30 heavy (non-hydrogen) atoms. The number of nitrogens with zero attached hydrogens (tertiary/aromatic N) is 1. The molecule has 0 saturated heterocycles. The molecule has 0 aliphatic carbocycles. The molecule has 0 fully saturated rings. The fourth-order valence-corrected chi connectivity index (χ4v) is 4.87. The summed E-state index contributed by atoms with van der Waals surface area (Å²) in [5, 5.41) is 0. The highest BCUT2D eigenvalue weighted by molar-refractivity contribution is 5.97. The fourth-order valence-electron chi connectivity index (χ4n) is 4.87. The number of fused-ring (bicyclic) bond motifs is 6. The van der Waals surface area contributed by atoms with Crippen LogP contribution in [0.2, 0.25) is 0 Å². The zero-order valence-electron chi connectivity index (χ0n) is 17.8. The summed E-state index contributed by atoms with van der Waals surface area (Å²) in [6.45, 7) is 10.2. The van der Waals surface area contributed by atoms with E-state index in [9.17, 15) is 4.79 Å². The van der Waals surface area contributed by atoms with Gasteiger partial charge in [-0.05, 0) is 57.0 Å². The molecule has 1 unspecified atom stereocenters. The molecule has 4 nitrogen and oxygen atoms in total. The number of esters is 1. The minimum absolute atomic E-state index is 0.293. The van der Waals surface area contributed by atoms with Crippen LogP contribution in [0.25, 0.3) is 0 Å². The van der Waals surface area contributed by atoms with Crippen molar-refractivity contribution in [2.75, 3.05) is 18.0 Å². The summed E-state index contributed by atoms with van der Waals surface area (Å²) in [6, 6.07) is 18.1. The van der Waals surface area contributed by atoms with Crippen LogP contribution in [0.5, 0.6) is 11.5 Å². The first kappa shape index (κ1) is 18.7. The number of aryl methyl sites for hydroxylation is 2. The molecule has 3 aromatic carbocycles. The molecule has 0 bridgehead atoms. The van der Waals surface area contributed by atoms with Crippen molar-refractivity contribution in [1.82, 2.24) is 0 Å². The normalized spacial score (nSPS) is 18.3. The van der Waals surface area contributed by atoms with Gasteiger partial charge < -0.3 is 14.4 Å². The number of rotatable bonds is 3. The second kappa shape index (κ2) is 6.63. The molecule has 2 aliphatic rings. The Bertz CT molecular complexity index is 1180. The minimum Gasteiger partial charge on any atom is -0.456 e. The predicted octanol–water partition coefficient (Wildman–Crippen LogP) is 5.72. The average molecular weight is 399 g/mol. The molecule has 0 N–H and O–H groups in total. The van der Waals surface area contributed by atoms with E-state index in [1.807, 2.05) is 38.1 Å². The number of benzene rings is 3. The maximum absolute atomic E-state index is 13.0. The van der Waals surface area contributed by atoms with E-state index in [1.54, 1.807) is 0 Å². The number of hydrogen-bond acceptors (Lipinski definition) is 4. The van der Waals surface area contributed by atoms with Gasteiger partial charge in [0.05, 0.1) is 11.1 Å². The van der Waals surface area contributed by atoms with E-state index in [-0.39, 0.29) is 5.97 Å². The third-order valence-electron chi connectivity index (χ3n) is 6.37. The van der Waals surface area contributed by atoms with Crippen LogP contribution in [0.3, 0.4) is 0 Å². The molecule has 2 aliphatic heterocycles. The van der Waals surface area contributed by atoms with E-state index >= 15 is 0 Å². The predicted molar refractivity (Wildman–Crippen MR) is 118 cm³/mol. The van der Waals surface area contributed by atoms with Gasteiger partial charge in [0.2, 0.25) is 0 Å². The highest BCUT2D eigenvalue weighted by atomic mass is 16.6. The van der Waals surface area contributed by atoms with Gasteiger partial charge in [0, 0.05) is 36.0 Å². The standard InChI is InChI=1S/C26H25NO3/c1-5-27(6-2)18-13-14-21-22(15-18)29-24-17(4)12-11-16(3)23(24)26(21)20-10-8-7-9-19(20)25(28)30-26/h7-15H,5-6H2,1-4H3. The lowest BCUT2D eigenvalue weighted by Crippen LogP contribution is -2.34. The van der Waals surface area contributed by atoms with Crippen LogP contribution in [0.1, 0.15) is 52.0 Å². The topological polar surface area (TPSA) is 38.8 Å². The number of anilines is 1. The molecule has 0 amide bonds. The summed E-state index contributed by atoms with van der Waals surface area (Å²) >= 11 is 0. The Balaban J connectivity index is 1.85. The zero-order chi connectivity index (χ0) is 21.0. The van der Waals surface area contributed by atoms with Gasteiger partial charge in [-0.3, -0.25) is 0 Å². The molecule has 152 valence electrons. The maximum atomic E-state index is 13.0. The first-order valence-corrected chi connectivity index (χ1v) is 10.5. The molecular weight excluding hydrogens is 374 g/mol. The summed E-state index contributed by atoms with van der Waals surface area (Å²) in [5.74, 6) is 1.23. The molecule has 0 aromatic heterocycles. The molecule has 1 atom stereocenters. The third kappa shape index (κ3) is 2.37. The zero-order valence-corrected chi connectivity index (χ0v) is 17.8. The van der Waals surface area contributed by atoms with Crippen LogP contribution in [-0.2, 0) is 10.3 Å². The van der Waals surface area contributed by atoms with Crippen molar-refractivity contribution in [3.63, 3.8) is 0 Å². The van der Waals surface area contributed by atoms with E-state index in [4.69, 9.17) is 9.47 Å². The van der Waals surface area contributed by atoms with Crippen molar-refractivity contribution in [1.29, 1.82) is 0 Å². The van der Waals surface area contributed by atoms with Crippen LogP contribution >= 0.6 is 0 Å². The van der Waals surface area contributed by atoms with Gasteiger partial charge in [0.1, 0.15) is 11.5 Å². The first-order valence-electron chi connectivity index (χ1n) is 10.5. The first-order chi connectivity index (χ1) is 14.5. The SMILES string of the molecule is CCN(CC)c1ccc2c(c1)Oc1c(C)ccc(C)c1C21OC(=O)c2ccccc21. The van der Waals surface area contributed by atoms with E-state index in [2.05, 4.69) is 49.1 Å². The van der Waals surface area contributed by atoms with Crippen molar-refractivity contribution in [3.8, 4) is 11.5 Å². The Morgan fingerprint density at radius 3 is 2.40 bits per heavy atom. The molecule has 4 heteroatoms. The molecule has 0 saturated carbocycles. The van der Waals surface area contributed by atoms with E-state index in [0.717, 1.165) is 58.1 Å². The molecule has 1 spiro atoms. The summed E-state index contributed by atoms with van der Waals surface area (Å²) in [7, 11) is 0. The van der Waals surface area contributed by atoms with Gasteiger partial charge >= 0.3 is 5.97 Å². The van der Waals surface area contributed by atoms with Crippen molar-refractivity contribution >= 4 is 11.7 Å². The number of hydrogen-bond donors (Lipinski definition) is 0.